The van der Waals surface area contributed by atoms with Crippen molar-refractivity contribution in [2.24, 2.45) is 0 Å². The van der Waals surface area contributed by atoms with E-state index in [4.69, 9.17) is 16.3 Å². The smallest absolute Gasteiger partial charge is 0.338 e. The zero-order valence-corrected chi connectivity index (χ0v) is 17.6. The molecule has 6 heteroatoms. The van der Waals surface area contributed by atoms with Crippen molar-refractivity contribution in [3.8, 4) is 0 Å². The number of rotatable bonds is 7. The third kappa shape index (κ3) is 5.68. The second-order valence-electron chi connectivity index (χ2n) is 6.52. The molecule has 0 atom stereocenters. The molecule has 1 N–H and O–H groups in total. The summed E-state index contributed by atoms with van der Waals surface area (Å²) in [5, 5.41) is 3.08. The van der Waals surface area contributed by atoms with Gasteiger partial charge in [0.05, 0.1) is 28.4 Å². The minimum atomic E-state index is -0.399. The van der Waals surface area contributed by atoms with Crippen molar-refractivity contribution in [1.82, 2.24) is 0 Å². The number of hydrogen-bond acceptors (Lipinski definition) is 4. The predicted molar refractivity (Wildman–Crippen MR) is 122 cm³/mol. The van der Waals surface area contributed by atoms with E-state index in [0.717, 1.165) is 5.56 Å². The van der Waals surface area contributed by atoms with Gasteiger partial charge in [-0.2, -0.15) is 0 Å². The van der Waals surface area contributed by atoms with E-state index in [2.05, 4.69) is 5.32 Å². The fraction of sp³-hybridized carbons (Fsp3) is 0.0800. The number of hydrogen-bond donors (Lipinski definition) is 1. The maximum atomic E-state index is 12.7. The summed E-state index contributed by atoms with van der Waals surface area (Å²) < 4.78 is 4.95. The quantitative estimate of drug-likeness (QED) is 0.296. The molecule has 3 aromatic rings. The molecule has 3 rings (SSSR count). The SMILES string of the molecule is CCOC(=O)c1ccc(/C=C/C(=O)c2ccccc2NC(=O)c2ccccc2Cl)cc1. The highest BCUT2D eigenvalue weighted by molar-refractivity contribution is 6.34. The van der Waals surface area contributed by atoms with Crippen molar-refractivity contribution >= 4 is 41.0 Å². The maximum absolute atomic E-state index is 12.7. The molecular formula is C25H20ClNO4. The lowest BCUT2D eigenvalue weighted by Gasteiger charge is -2.10. The number of amides is 1. The lowest BCUT2D eigenvalue weighted by Crippen LogP contribution is -2.14. The Morgan fingerprint density at radius 1 is 0.903 bits per heavy atom. The Morgan fingerprint density at radius 2 is 1.55 bits per heavy atom. The molecule has 5 nitrogen and oxygen atoms in total. The monoisotopic (exact) mass is 433 g/mol. The predicted octanol–water partition coefficient (Wildman–Crippen LogP) is 5.67. The summed E-state index contributed by atoms with van der Waals surface area (Å²) in [6, 6.07) is 20.2. The Kier molecular flexibility index (Phi) is 7.35. The van der Waals surface area contributed by atoms with Crippen molar-refractivity contribution in [3.63, 3.8) is 0 Å². The van der Waals surface area contributed by atoms with Crippen LogP contribution in [0, 0.1) is 0 Å². The van der Waals surface area contributed by atoms with Gasteiger partial charge in [0, 0.05) is 5.56 Å². The third-order valence-corrected chi connectivity index (χ3v) is 4.74. The molecule has 0 aromatic heterocycles. The van der Waals surface area contributed by atoms with Crippen LogP contribution < -0.4 is 5.32 Å². The van der Waals surface area contributed by atoms with Gasteiger partial charge in [0.1, 0.15) is 0 Å². The van der Waals surface area contributed by atoms with E-state index >= 15 is 0 Å². The summed E-state index contributed by atoms with van der Waals surface area (Å²) >= 11 is 6.09. The average Bonchev–Trinajstić information content (AvgIpc) is 2.78. The molecule has 0 bridgehead atoms. The van der Waals surface area contributed by atoms with Gasteiger partial charge in [0.15, 0.2) is 5.78 Å². The third-order valence-electron chi connectivity index (χ3n) is 4.41. The molecule has 0 radical (unpaired) electrons. The van der Waals surface area contributed by atoms with Crippen LogP contribution >= 0.6 is 11.6 Å². The second kappa shape index (κ2) is 10.4. The van der Waals surface area contributed by atoms with Gasteiger partial charge in [-0.1, -0.05) is 54.1 Å². The van der Waals surface area contributed by atoms with Gasteiger partial charge in [-0.25, -0.2) is 4.79 Å². The first-order valence-corrected chi connectivity index (χ1v) is 10.0. The number of para-hydroxylation sites is 1. The Hall–Kier alpha value is -3.70. The van der Waals surface area contributed by atoms with E-state index in [1.807, 2.05) is 0 Å². The summed E-state index contributed by atoms with van der Waals surface area (Å²) in [5.74, 6) is -1.06. The summed E-state index contributed by atoms with van der Waals surface area (Å²) in [7, 11) is 0. The number of nitrogens with one attached hydrogen (secondary N) is 1. The molecule has 0 aliphatic carbocycles. The van der Waals surface area contributed by atoms with Crippen LogP contribution in [0.3, 0.4) is 0 Å². The number of halogens is 1. The van der Waals surface area contributed by atoms with Crippen LogP contribution in [0.25, 0.3) is 6.08 Å². The van der Waals surface area contributed by atoms with Gasteiger partial charge < -0.3 is 10.1 Å². The summed E-state index contributed by atoms with van der Waals surface area (Å²) in [6.07, 6.45) is 3.06. The Balaban J connectivity index is 1.75. The average molecular weight is 434 g/mol. The Bertz CT molecular complexity index is 1140. The van der Waals surface area contributed by atoms with Crippen LogP contribution in [0.4, 0.5) is 5.69 Å². The number of ether oxygens (including phenoxy) is 1. The van der Waals surface area contributed by atoms with Gasteiger partial charge >= 0.3 is 5.97 Å². The molecule has 0 saturated heterocycles. The molecule has 0 aliphatic heterocycles. The van der Waals surface area contributed by atoms with E-state index < -0.39 is 11.9 Å². The van der Waals surface area contributed by atoms with E-state index in [1.165, 1.54) is 6.08 Å². The number of esters is 1. The van der Waals surface area contributed by atoms with Gasteiger partial charge in [-0.3, -0.25) is 9.59 Å². The Morgan fingerprint density at radius 3 is 2.23 bits per heavy atom. The van der Waals surface area contributed by atoms with E-state index in [0.29, 0.717) is 34.0 Å². The minimum Gasteiger partial charge on any atom is -0.462 e. The number of anilines is 1. The highest BCUT2D eigenvalue weighted by atomic mass is 35.5. The molecule has 3 aromatic carbocycles. The van der Waals surface area contributed by atoms with Crippen LogP contribution in [-0.4, -0.2) is 24.3 Å². The molecule has 1 amide bonds. The first-order valence-electron chi connectivity index (χ1n) is 9.64. The highest BCUT2D eigenvalue weighted by Crippen LogP contribution is 2.21. The number of ketones is 1. The molecule has 0 aliphatic rings. The fourth-order valence-electron chi connectivity index (χ4n) is 2.85. The number of allylic oxidation sites excluding steroid dienone is 1. The maximum Gasteiger partial charge on any atom is 0.338 e. The van der Waals surface area contributed by atoms with Crippen LogP contribution in [0.2, 0.25) is 5.02 Å². The van der Waals surface area contributed by atoms with Gasteiger partial charge in [0.25, 0.3) is 5.91 Å². The van der Waals surface area contributed by atoms with E-state index in [1.54, 1.807) is 85.8 Å². The normalized spacial score (nSPS) is 10.6. The van der Waals surface area contributed by atoms with Crippen LogP contribution in [0.15, 0.2) is 78.9 Å². The highest BCUT2D eigenvalue weighted by Gasteiger charge is 2.14. The lowest BCUT2D eigenvalue weighted by molar-refractivity contribution is 0.0526. The lowest BCUT2D eigenvalue weighted by atomic mass is 10.1. The molecule has 31 heavy (non-hydrogen) atoms. The van der Waals surface area contributed by atoms with E-state index in [-0.39, 0.29) is 5.78 Å². The number of carbonyl (C=O) groups excluding carboxylic acids is 3. The van der Waals surface area contributed by atoms with Crippen LogP contribution in [-0.2, 0) is 4.74 Å². The standard InChI is InChI=1S/C25H20ClNO4/c1-2-31-25(30)18-14-11-17(12-15-18)13-16-23(28)20-8-4-6-10-22(20)27-24(29)19-7-3-5-9-21(19)26/h3-16H,2H2,1H3,(H,27,29)/b16-13+. The van der Waals surface area contributed by atoms with E-state index in [9.17, 15) is 14.4 Å². The number of carbonyl (C=O) groups is 3. The molecule has 0 unspecified atom stereocenters. The summed E-state index contributed by atoms with van der Waals surface area (Å²) in [4.78, 5) is 37.0. The summed E-state index contributed by atoms with van der Waals surface area (Å²) in [6.45, 7) is 2.05. The second-order valence-corrected chi connectivity index (χ2v) is 6.93. The molecular weight excluding hydrogens is 414 g/mol. The van der Waals surface area contributed by atoms with Crippen molar-refractivity contribution in [3.05, 3.63) is 106 Å². The minimum absolute atomic E-state index is 0.274. The van der Waals surface area contributed by atoms with Gasteiger partial charge in [0.2, 0.25) is 0 Å². The fourth-order valence-corrected chi connectivity index (χ4v) is 3.07. The number of benzene rings is 3. The van der Waals surface area contributed by atoms with Crippen LogP contribution in [0.1, 0.15) is 43.6 Å². The zero-order chi connectivity index (χ0) is 22.2. The Labute approximate surface area is 185 Å². The van der Waals surface area contributed by atoms with Gasteiger partial charge in [-0.15, -0.1) is 0 Å². The topological polar surface area (TPSA) is 72.5 Å². The van der Waals surface area contributed by atoms with Crippen molar-refractivity contribution in [2.75, 3.05) is 11.9 Å². The molecule has 0 fully saturated rings. The molecule has 0 spiro atoms. The summed E-state index contributed by atoms with van der Waals surface area (Å²) in [5.41, 5.74) is 2.25. The van der Waals surface area contributed by atoms with Gasteiger partial charge in [-0.05, 0) is 55.0 Å². The van der Waals surface area contributed by atoms with Crippen molar-refractivity contribution < 1.29 is 19.1 Å². The molecule has 0 saturated carbocycles. The van der Waals surface area contributed by atoms with Crippen molar-refractivity contribution in [1.29, 1.82) is 0 Å². The van der Waals surface area contributed by atoms with Crippen LogP contribution in [0.5, 0.6) is 0 Å². The van der Waals surface area contributed by atoms with Crippen molar-refractivity contribution in [2.45, 2.75) is 6.92 Å². The largest absolute Gasteiger partial charge is 0.462 e. The molecule has 0 heterocycles. The zero-order valence-electron chi connectivity index (χ0n) is 16.8. The first-order chi connectivity index (χ1) is 15.0. The first kappa shape index (κ1) is 22.0. The molecule has 156 valence electrons.